The molecule has 0 aliphatic heterocycles. The number of benzene rings is 1. The van der Waals surface area contributed by atoms with Crippen LogP contribution in [0.4, 0.5) is 13.2 Å². The van der Waals surface area contributed by atoms with Crippen LogP contribution in [-0.2, 0) is 12.6 Å². The number of rotatable bonds is 5. The minimum Gasteiger partial charge on any atom is -0.444 e. The molecule has 5 nitrogen and oxygen atoms in total. The van der Waals surface area contributed by atoms with E-state index in [9.17, 15) is 18.0 Å². The highest BCUT2D eigenvalue weighted by Crippen LogP contribution is 2.30. The number of pyridine rings is 1. The normalized spacial score (nSPS) is 11.4. The summed E-state index contributed by atoms with van der Waals surface area (Å²) in [4.78, 5) is 22.0. The van der Waals surface area contributed by atoms with Gasteiger partial charge in [0.1, 0.15) is 6.26 Å². The molecule has 0 saturated heterocycles. The Labute approximate surface area is 153 Å². The van der Waals surface area contributed by atoms with Gasteiger partial charge in [-0.2, -0.15) is 13.2 Å². The first-order valence-corrected chi connectivity index (χ1v) is 8.12. The predicted molar refractivity (Wildman–Crippen MR) is 91.8 cm³/mol. The number of carbonyl (C=O) groups is 1. The van der Waals surface area contributed by atoms with E-state index in [4.69, 9.17) is 4.42 Å². The Hall–Kier alpha value is -3.16. The topological polar surface area (TPSA) is 59.2 Å². The van der Waals surface area contributed by atoms with Gasteiger partial charge >= 0.3 is 6.18 Å². The Bertz CT molecular complexity index is 906. The van der Waals surface area contributed by atoms with Gasteiger partial charge in [-0.05, 0) is 48.4 Å². The number of oxazole rings is 1. The van der Waals surface area contributed by atoms with Crippen LogP contribution in [0.3, 0.4) is 0 Å². The number of likely N-dealkylation sites (N-methyl/N-ethyl adjacent to an activating group) is 1. The largest absolute Gasteiger partial charge is 0.444 e. The van der Waals surface area contributed by atoms with Crippen LogP contribution in [-0.4, -0.2) is 34.4 Å². The first-order valence-electron chi connectivity index (χ1n) is 8.12. The number of amides is 1. The Morgan fingerprint density at radius 1 is 1.11 bits per heavy atom. The highest BCUT2D eigenvalue weighted by Gasteiger charge is 2.30. The van der Waals surface area contributed by atoms with Crippen molar-refractivity contribution in [3.63, 3.8) is 0 Å². The third kappa shape index (κ3) is 4.52. The number of carbonyl (C=O) groups excluding carboxylic acids is 1. The molecular formula is C19H16F3N3O2. The van der Waals surface area contributed by atoms with Crippen molar-refractivity contribution in [3.05, 3.63) is 71.9 Å². The summed E-state index contributed by atoms with van der Waals surface area (Å²) in [5, 5.41) is 0. The maximum Gasteiger partial charge on any atom is 0.416 e. The number of hydrogen-bond donors (Lipinski definition) is 0. The van der Waals surface area contributed by atoms with Crippen molar-refractivity contribution in [1.29, 1.82) is 0 Å². The maximum absolute atomic E-state index is 12.6. The lowest BCUT2D eigenvalue weighted by Gasteiger charge is -2.15. The third-order valence-electron chi connectivity index (χ3n) is 4.01. The molecule has 8 heteroatoms. The minimum atomic E-state index is -4.41. The SMILES string of the molecule is CN(CCc1ccncc1)C(=O)c1coc(-c2ccc(C(F)(F)F)cc2)n1. The van der Waals surface area contributed by atoms with E-state index in [1.807, 2.05) is 12.1 Å². The Morgan fingerprint density at radius 2 is 1.78 bits per heavy atom. The molecule has 0 bridgehead atoms. The van der Waals surface area contributed by atoms with Crippen LogP contribution in [0.25, 0.3) is 11.5 Å². The molecule has 0 aliphatic carbocycles. The lowest BCUT2D eigenvalue weighted by molar-refractivity contribution is -0.137. The molecule has 0 unspecified atom stereocenters. The summed E-state index contributed by atoms with van der Waals surface area (Å²) in [6.07, 6.45) is 0.830. The molecule has 0 spiro atoms. The first-order chi connectivity index (χ1) is 12.8. The van der Waals surface area contributed by atoms with Crippen LogP contribution in [0, 0.1) is 0 Å². The fourth-order valence-corrected chi connectivity index (χ4v) is 2.45. The van der Waals surface area contributed by atoms with Crippen LogP contribution in [0.5, 0.6) is 0 Å². The molecule has 2 heterocycles. The number of hydrogen-bond acceptors (Lipinski definition) is 4. The molecule has 140 valence electrons. The van der Waals surface area contributed by atoms with Gasteiger partial charge in [0.05, 0.1) is 5.56 Å². The minimum absolute atomic E-state index is 0.0922. The smallest absolute Gasteiger partial charge is 0.416 e. The van der Waals surface area contributed by atoms with E-state index in [1.54, 1.807) is 19.4 Å². The second-order valence-electron chi connectivity index (χ2n) is 5.95. The second kappa shape index (κ2) is 7.61. The van der Waals surface area contributed by atoms with Gasteiger partial charge in [-0.25, -0.2) is 4.98 Å². The van der Waals surface area contributed by atoms with E-state index >= 15 is 0 Å². The predicted octanol–water partition coefficient (Wildman–Crippen LogP) is 4.07. The average Bonchev–Trinajstić information content (AvgIpc) is 3.16. The van der Waals surface area contributed by atoms with E-state index in [0.717, 1.165) is 17.7 Å². The fourth-order valence-electron chi connectivity index (χ4n) is 2.45. The molecule has 0 saturated carbocycles. The molecule has 27 heavy (non-hydrogen) atoms. The number of halogens is 3. The van der Waals surface area contributed by atoms with Crippen molar-refractivity contribution >= 4 is 5.91 Å². The molecule has 2 aromatic heterocycles. The maximum atomic E-state index is 12.6. The molecular weight excluding hydrogens is 359 g/mol. The Morgan fingerprint density at radius 3 is 2.41 bits per heavy atom. The van der Waals surface area contributed by atoms with Gasteiger partial charge in [-0.1, -0.05) is 0 Å². The van der Waals surface area contributed by atoms with E-state index < -0.39 is 11.7 Å². The van der Waals surface area contributed by atoms with Crippen molar-refractivity contribution in [2.75, 3.05) is 13.6 Å². The van der Waals surface area contributed by atoms with Crippen molar-refractivity contribution in [2.45, 2.75) is 12.6 Å². The van der Waals surface area contributed by atoms with Gasteiger partial charge in [-0.15, -0.1) is 0 Å². The van der Waals surface area contributed by atoms with Crippen molar-refractivity contribution in [1.82, 2.24) is 14.9 Å². The summed E-state index contributed by atoms with van der Waals surface area (Å²) in [5.41, 5.74) is 0.754. The van der Waals surface area contributed by atoms with Crippen LogP contribution in [0.1, 0.15) is 21.6 Å². The van der Waals surface area contributed by atoms with Crippen LogP contribution >= 0.6 is 0 Å². The van der Waals surface area contributed by atoms with Gasteiger partial charge in [-0.3, -0.25) is 9.78 Å². The molecule has 3 aromatic rings. The summed E-state index contributed by atoms with van der Waals surface area (Å²) < 4.78 is 43.1. The quantitative estimate of drug-likeness (QED) is 0.675. The van der Waals surface area contributed by atoms with Crippen molar-refractivity contribution < 1.29 is 22.4 Å². The lowest BCUT2D eigenvalue weighted by Crippen LogP contribution is -2.29. The number of aromatic nitrogens is 2. The summed E-state index contributed by atoms with van der Waals surface area (Å²) >= 11 is 0. The standard InChI is InChI=1S/C19H16F3N3O2/c1-25(11-8-13-6-9-23-10-7-13)18(26)16-12-27-17(24-16)14-2-4-15(5-3-14)19(20,21)22/h2-7,9-10,12H,8,11H2,1H3. The summed E-state index contributed by atoms with van der Waals surface area (Å²) in [6.45, 7) is 0.477. The molecule has 0 N–H and O–H groups in total. The highest BCUT2D eigenvalue weighted by molar-refractivity contribution is 5.92. The monoisotopic (exact) mass is 375 g/mol. The summed E-state index contributed by atoms with van der Waals surface area (Å²) in [5.74, 6) is -0.236. The zero-order chi connectivity index (χ0) is 19.4. The molecule has 3 rings (SSSR count). The Kier molecular flexibility index (Phi) is 5.25. The molecule has 0 fully saturated rings. The van der Waals surface area contributed by atoms with Crippen LogP contribution in [0.2, 0.25) is 0 Å². The second-order valence-corrected chi connectivity index (χ2v) is 5.95. The zero-order valence-corrected chi connectivity index (χ0v) is 14.4. The van der Waals surface area contributed by atoms with E-state index in [-0.39, 0.29) is 17.5 Å². The van der Waals surface area contributed by atoms with Gasteiger partial charge in [0, 0.05) is 31.5 Å². The zero-order valence-electron chi connectivity index (χ0n) is 14.4. The van der Waals surface area contributed by atoms with E-state index in [2.05, 4.69) is 9.97 Å². The Balaban J connectivity index is 1.66. The van der Waals surface area contributed by atoms with Crippen molar-refractivity contribution in [2.24, 2.45) is 0 Å². The first kappa shape index (κ1) is 18.6. The lowest BCUT2D eigenvalue weighted by atomic mass is 10.1. The molecule has 0 aliphatic rings. The van der Waals surface area contributed by atoms with Gasteiger partial charge < -0.3 is 9.32 Å². The average molecular weight is 375 g/mol. The van der Waals surface area contributed by atoms with Gasteiger partial charge in [0.15, 0.2) is 5.69 Å². The van der Waals surface area contributed by atoms with Crippen LogP contribution in [0.15, 0.2) is 59.5 Å². The number of nitrogens with zero attached hydrogens (tertiary/aromatic N) is 3. The fraction of sp³-hybridized carbons (Fsp3) is 0.211. The van der Waals surface area contributed by atoms with Crippen LogP contribution < -0.4 is 0 Å². The van der Waals surface area contributed by atoms with Gasteiger partial charge in [0.2, 0.25) is 5.89 Å². The molecule has 1 amide bonds. The van der Waals surface area contributed by atoms with Crippen molar-refractivity contribution in [3.8, 4) is 11.5 Å². The van der Waals surface area contributed by atoms with E-state index in [1.165, 1.54) is 23.3 Å². The summed E-state index contributed by atoms with van der Waals surface area (Å²) in [6, 6.07) is 8.16. The van der Waals surface area contributed by atoms with E-state index in [0.29, 0.717) is 18.5 Å². The highest BCUT2D eigenvalue weighted by atomic mass is 19.4. The number of alkyl halides is 3. The molecule has 0 atom stereocenters. The third-order valence-corrected chi connectivity index (χ3v) is 4.01. The summed E-state index contributed by atoms with van der Waals surface area (Å²) in [7, 11) is 1.65. The van der Waals surface area contributed by atoms with Gasteiger partial charge in [0.25, 0.3) is 5.91 Å². The molecule has 0 radical (unpaired) electrons. The molecule has 1 aromatic carbocycles.